The number of amides is 1. The van der Waals surface area contributed by atoms with Gasteiger partial charge in [-0.1, -0.05) is 43.7 Å². The number of Topliss-reactive ketones (excluding diaryl/α,β-unsaturated/α-hetero) is 2. The number of likely N-dealkylation sites (tertiary alicyclic amines) is 1. The Morgan fingerprint density at radius 3 is 2.52 bits per heavy atom. The van der Waals surface area contributed by atoms with E-state index >= 15 is 13.2 Å². The first-order valence-electron chi connectivity index (χ1n) is 16.1. The van der Waals surface area contributed by atoms with Gasteiger partial charge in [0.05, 0.1) is 23.8 Å². The van der Waals surface area contributed by atoms with E-state index in [0.29, 0.717) is 38.8 Å². The van der Waals surface area contributed by atoms with Crippen LogP contribution in [0, 0.1) is 11.8 Å². The van der Waals surface area contributed by atoms with Gasteiger partial charge in [-0.25, -0.2) is 0 Å². The second kappa shape index (κ2) is 12.4. The summed E-state index contributed by atoms with van der Waals surface area (Å²) < 4.78 is 51.9. The van der Waals surface area contributed by atoms with Crippen LogP contribution in [0.25, 0.3) is 0 Å². The van der Waals surface area contributed by atoms with E-state index in [4.69, 9.17) is 16.2 Å². The molecule has 0 aromatic heterocycles. The fourth-order valence-electron chi connectivity index (χ4n) is 8.02. The number of halogens is 3. The molecule has 0 bridgehead atoms. The van der Waals surface area contributed by atoms with Gasteiger partial charge >= 0.3 is 6.18 Å². The minimum Gasteiger partial charge on any atom is -0.510 e. The molecule has 3 aliphatic carbocycles. The Morgan fingerprint density at radius 2 is 1.88 bits per heavy atom. The molecule has 6 rings (SSSR count). The molecule has 4 aliphatic rings. The SMILES string of the molecule is CCCCOc1cc(C2CCCN2Cc2ccccc2)c(C(F)(F)F)c2c1C(=O)C1=C(O)[C@]3(O)C(=O)C(C(N)=O)=C(O)[C@@H](N)[C@@H]3C[C@@H]1C2. The molecule has 1 heterocycles. The van der Waals surface area contributed by atoms with Gasteiger partial charge in [-0.15, -0.1) is 0 Å². The summed E-state index contributed by atoms with van der Waals surface area (Å²) in [5.41, 5.74) is 6.36. The van der Waals surface area contributed by atoms with Crippen LogP contribution in [-0.4, -0.2) is 62.5 Å². The first kappa shape index (κ1) is 33.7. The van der Waals surface area contributed by atoms with Crippen molar-refractivity contribution in [2.75, 3.05) is 13.2 Å². The van der Waals surface area contributed by atoms with Gasteiger partial charge in [-0.05, 0) is 67.3 Å². The van der Waals surface area contributed by atoms with Crippen LogP contribution in [0.3, 0.4) is 0 Å². The van der Waals surface area contributed by atoms with Gasteiger partial charge < -0.3 is 31.5 Å². The van der Waals surface area contributed by atoms with Crippen molar-refractivity contribution in [1.29, 1.82) is 0 Å². The highest BCUT2D eigenvalue weighted by molar-refractivity contribution is 6.24. The quantitative estimate of drug-likeness (QED) is 0.202. The first-order valence-corrected chi connectivity index (χ1v) is 16.1. The third kappa shape index (κ3) is 5.28. The monoisotopic (exact) mass is 669 g/mol. The first-order chi connectivity index (χ1) is 22.7. The van der Waals surface area contributed by atoms with Crippen molar-refractivity contribution in [3.05, 3.63) is 86.9 Å². The van der Waals surface area contributed by atoms with Crippen LogP contribution < -0.4 is 16.2 Å². The molecule has 1 aliphatic heterocycles. The molecular formula is C35H38F3N3O7. The van der Waals surface area contributed by atoms with Crippen LogP contribution in [-0.2, 0) is 28.7 Å². The molecule has 5 atom stereocenters. The van der Waals surface area contributed by atoms with Crippen LogP contribution in [0.5, 0.6) is 5.75 Å². The average molecular weight is 670 g/mol. The number of primary amides is 1. The lowest BCUT2D eigenvalue weighted by Gasteiger charge is -2.48. The Hall–Kier alpha value is -4.20. The highest BCUT2D eigenvalue weighted by Crippen LogP contribution is 2.54. The lowest BCUT2D eigenvalue weighted by molar-refractivity contribution is -0.145. The van der Waals surface area contributed by atoms with E-state index in [1.807, 2.05) is 42.2 Å². The molecule has 1 saturated heterocycles. The Bertz CT molecular complexity index is 1740. The summed E-state index contributed by atoms with van der Waals surface area (Å²) in [5, 5.41) is 33.7. The summed E-state index contributed by atoms with van der Waals surface area (Å²) in [6.07, 6.45) is -3.23. The molecule has 0 spiro atoms. The van der Waals surface area contributed by atoms with Crippen LogP contribution in [0.15, 0.2) is 59.1 Å². The Kier molecular flexibility index (Phi) is 8.67. The van der Waals surface area contributed by atoms with E-state index in [9.17, 15) is 29.7 Å². The summed E-state index contributed by atoms with van der Waals surface area (Å²) in [5.74, 6) is -8.53. The van der Waals surface area contributed by atoms with Gasteiger partial charge in [0.1, 0.15) is 22.8 Å². The zero-order chi connectivity index (χ0) is 34.7. The minimum absolute atomic E-state index is 0.00540. The van der Waals surface area contributed by atoms with Gasteiger partial charge in [0.15, 0.2) is 11.4 Å². The lowest BCUT2D eigenvalue weighted by Crippen LogP contribution is -2.63. The molecule has 7 N–H and O–H groups in total. The summed E-state index contributed by atoms with van der Waals surface area (Å²) in [6.45, 7) is 3.01. The number of nitrogens with two attached hydrogens (primary N) is 2. The van der Waals surface area contributed by atoms with Crippen molar-refractivity contribution in [1.82, 2.24) is 4.90 Å². The van der Waals surface area contributed by atoms with E-state index in [1.54, 1.807) is 0 Å². The van der Waals surface area contributed by atoms with E-state index < -0.39 is 87.0 Å². The summed E-state index contributed by atoms with van der Waals surface area (Å²) in [7, 11) is 0. The smallest absolute Gasteiger partial charge is 0.417 e. The largest absolute Gasteiger partial charge is 0.510 e. The maximum atomic E-state index is 15.3. The number of ether oxygens (including phenoxy) is 1. The number of nitrogens with zero attached hydrogens (tertiary/aromatic N) is 1. The topological polar surface area (TPSA) is 176 Å². The zero-order valence-electron chi connectivity index (χ0n) is 26.3. The minimum atomic E-state index is -4.88. The second-order valence-electron chi connectivity index (χ2n) is 13.1. The number of carbonyl (C=O) groups is 3. The number of ketones is 2. The normalized spacial score (nSPS) is 27.5. The molecule has 48 heavy (non-hydrogen) atoms. The number of unbranched alkanes of at least 4 members (excludes halogenated alkanes) is 1. The number of hydrogen-bond acceptors (Lipinski definition) is 9. The number of aliphatic hydroxyl groups excluding tert-OH is 2. The fraction of sp³-hybridized carbons (Fsp3) is 0.457. The van der Waals surface area contributed by atoms with Gasteiger partial charge in [0.25, 0.3) is 5.91 Å². The van der Waals surface area contributed by atoms with Gasteiger partial charge in [0.2, 0.25) is 5.78 Å². The predicted molar refractivity (Wildman–Crippen MR) is 167 cm³/mol. The molecular weight excluding hydrogens is 631 g/mol. The third-order valence-electron chi connectivity index (χ3n) is 10.3. The van der Waals surface area contributed by atoms with Crippen LogP contribution in [0.2, 0.25) is 0 Å². The van der Waals surface area contributed by atoms with Gasteiger partial charge in [0, 0.05) is 24.1 Å². The van der Waals surface area contributed by atoms with Crippen molar-refractivity contribution in [3.63, 3.8) is 0 Å². The highest BCUT2D eigenvalue weighted by Gasteiger charge is 2.62. The Balaban J connectivity index is 1.53. The number of hydrogen-bond donors (Lipinski definition) is 5. The number of benzene rings is 2. The molecule has 2 aromatic rings. The molecule has 0 radical (unpaired) electrons. The third-order valence-corrected chi connectivity index (χ3v) is 10.3. The number of carbonyl (C=O) groups excluding carboxylic acids is 3. The van der Waals surface area contributed by atoms with Crippen molar-refractivity contribution >= 4 is 17.5 Å². The fourth-order valence-corrected chi connectivity index (χ4v) is 8.02. The van der Waals surface area contributed by atoms with Crippen molar-refractivity contribution in [2.45, 2.75) is 75.9 Å². The Morgan fingerprint density at radius 1 is 1.17 bits per heavy atom. The number of fused-ring (bicyclic) bond motifs is 3. The highest BCUT2D eigenvalue weighted by atomic mass is 19.4. The van der Waals surface area contributed by atoms with Crippen LogP contribution in [0.4, 0.5) is 13.2 Å². The summed E-state index contributed by atoms with van der Waals surface area (Å²) in [6, 6.07) is 8.50. The van der Waals surface area contributed by atoms with Crippen LogP contribution in [0.1, 0.15) is 77.7 Å². The Labute approximate surface area is 274 Å². The van der Waals surface area contributed by atoms with Crippen molar-refractivity contribution in [3.8, 4) is 5.75 Å². The molecule has 1 fully saturated rings. The molecule has 256 valence electrons. The van der Waals surface area contributed by atoms with Gasteiger partial charge in [-0.3, -0.25) is 19.3 Å². The standard InChI is InChI=1S/C35H38F3N3O7/c1-2-3-12-48-23-15-19(22-10-7-11-41(22)16-17-8-5-4-6-9-17)27(35(36,37)38)20-13-18-14-21-28(39)30(43)26(33(40)46)32(45)34(21,47)31(44)24(18)29(42)25(20)23/h4-6,8-9,15,18,21-22,28,43-44,47H,2-3,7,10-14,16,39H2,1H3,(H2,40,46)/t18-,21-,22?,28-,34-/m0/s1. The molecule has 1 unspecified atom stereocenters. The molecule has 1 amide bonds. The number of allylic oxidation sites excluding steroid dienone is 1. The van der Waals surface area contributed by atoms with E-state index in [2.05, 4.69) is 0 Å². The molecule has 0 saturated carbocycles. The van der Waals surface area contributed by atoms with E-state index in [0.717, 1.165) is 5.56 Å². The van der Waals surface area contributed by atoms with Gasteiger partial charge in [-0.2, -0.15) is 13.2 Å². The average Bonchev–Trinajstić information content (AvgIpc) is 3.49. The maximum absolute atomic E-state index is 15.3. The second-order valence-corrected chi connectivity index (χ2v) is 13.1. The van der Waals surface area contributed by atoms with Crippen molar-refractivity contribution < 1.29 is 47.6 Å². The van der Waals surface area contributed by atoms with Crippen molar-refractivity contribution in [2.24, 2.45) is 23.3 Å². The zero-order valence-corrected chi connectivity index (χ0v) is 26.3. The number of alkyl halides is 3. The van der Waals surface area contributed by atoms with E-state index in [1.165, 1.54) is 6.07 Å². The molecule has 2 aromatic carbocycles. The molecule has 13 heteroatoms. The summed E-state index contributed by atoms with van der Waals surface area (Å²) >= 11 is 0. The number of rotatable bonds is 8. The number of aliphatic hydroxyl groups is 3. The molecule has 10 nitrogen and oxygen atoms in total. The summed E-state index contributed by atoms with van der Waals surface area (Å²) in [4.78, 5) is 41.8. The maximum Gasteiger partial charge on any atom is 0.417 e. The predicted octanol–water partition coefficient (Wildman–Crippen LogP) is 4.35. The van der Waals surface area contributed by atoms with E-state index in [-0.39, 0.29) is 36.3 Å². The van der Waals surface area contributed by atoms with Crippen LogP contribution >= 0.6 is 0 Å². The lowest BCUT2D eigenvalue weighted by atomic mass is 9.58.